The van der Waals surface area contributed by atoms with Gasteiger partial charge in [0.05, 0.1) is 18.7 Å². The quantitative estimate of drug-likeness (QED) is 0.869. The lowest BCUT2D eigenvalue weighted by Gasteiger charge is -2.19. The van der Waals surface area contributed by atoms with Gasteiger partial charge in [0.1, 0.15) is 6.33 Å². The molecule has 1 saturated heterocycles. The van der Waals surface area contributed by atoms with Gasteiger partial charge in [-0.25, -0.2) is 14.5 Å². The van der Waals surface area contributed by atoms with Crippen molar-refractivity contribution in [3.05, 3.63) is 41.2 Å². The Morgan fingerprint density at radius 3 is 2.96 bits per heavy atom. The van der Waals surface area contributed by atoms with Gasteiger partial charge < -0.3 is 10.1 Å². The lowest BCUT2D eigenvalue weighted by molar-refractivity contribution is 0.0868. The van der Waals surface area contributed by atoms with E-state index in [0.29, 0.717) is 11.6 Å². The predicted molar refractivity (Wildman–Crippen MR) is 91.2 cm³/mol. The molecule has 1 fully saturated rings. The highest BCUT2D eigenvalue weighted by molar-refractivity contribution is 6.30. The normalized spacial score (nSPS) is 18.3. The van der Waals surface area contributed by atoms with Crippen LogP contribution >= 0.6 is 11.6 Å². The number of nitrogens with one attached hydrogen (secondary N) is 2. The molecule has 1 aliphatic rings. The minimum absolute atomic E-state index is 0.0522. The van der Waals surface area contributed by atoms with E-state index in [2.05, 4.69) is 20.7 Å². The maximum Gasteiger partial charge on any atom is 0.321 e. The molecular formula is C16H20ClN5O2. The summed E-state index contributed by atoms with van der Waals surface area (Å²) in [7, 11) is 0. The van der Waals surface area contributed by atoms with Crippen LogP contribution in [0.15, 0.2) is 30.6 Å². The summed E-state index contributed by atoms with van der Waals surface area (Å²) in [5.41, 5.74) is 1.05. The number of halogens is 1. The van der Waals surface area contributed by atoms with Crippen LogP contribution in [0.3, 0.4) is 0 Å². The third-order valence-corrected chi connectivity index (χ3v) is 4.15. The SMILES string of the molecule is C[C@H](NC(=O)Nc1ncn(Cc2ccc(Cl)cc2)n1)[C@H]1CCCO1. The second-order valence-electron chi connectivity index (χ2n) is 5.83. The highest BCUT2D eigenvalue weighted by Crippen LogP contribution is 2.15. The van der Waals surface area contributed by atoms with Crippen LogP contribution in [0.1, 0.15) is 25.3 Å². The number of amides is 2. The minimum Gasteiger partial charge on any atom is -0.376 e. The van der Waals surface area contributed by atoms with Crippen molar-refractivity contribution in [2.75, 3.05) is 11.9 Å². The number of anilines is 1. The molecule has 2 N–H and O–H groups in total. The lowest BCUT2D eigenvalue weighted by atomic mass is 10.1. The summed E-state index contributed by atoms with van der Waals surface area (Å²) in [5.74, 6) is 0.265. The monoisotopic (exact) mass is 349 g/mol. The minimum atomic E-state index is -0.331. The van der Waals surface area contributed by atoms with Crippen molar-refractivity contribution in [1.29, 1.82) is 0 Å². The van der Waals surface area contributed by atoms with Crippen LogP contribution in [0.5, 0.6) is 0 Å². The molecule has 7 nitrogen and oxygen atoms in total. The number of nitrogens with zero attached hydrogens (tertiary/aromatic N) is 3. The van der Waals surface area contributed by atoms with Crippen molar-refractivity contribution < 1.29 is 9.53 Å². The molecular weight excluding hydrogens is 330 g/mol. The van der Waals surface area contributed by atoms with Crippen molar-refractivity contribution in [3.8, 4) is 0 Å². The van der Waals surface area contributed by atoms with Gasteiger partial charge in [0.2, 0.25) is 5.95 Å². The number of urea groups is 1. The number of hydrogen-bond donors (Lipinski definition) is 2. The van der Waals surface area contributed by atoms with Gasteiger partial charge in [-0.2, -0.15) is 0 Å². The molecule has 2 amide bonds. The molecule has 0 saturated carbocycles. The summed E-state index contributed by atoms with van der Waals surface area (Å²) in [6.45, 7) is 3.25. The van der Waals surface area contributed by atoms with Gasteiger partial charge in [-0.05, 0) is 37.5 Å². The molecule has 0 spiro atoms. The molecule has 24 heavy (non-hydrogen) atoms. The summed E-state index contributed by atoms with van der Waals surface area (Å²) in [6, 6.07) is 7.12. The van der Waals surface area contributed by atoms with E-state index < -0.39 is 0 Å². The van der Waals surface area contributed by atoms with E-state index in [9.17, 15) is 4.79 Å². The second kappa shape index (κ2) is 7.63. The molecule has 2 aromatic rings. The molecule has 3 rings (SSSR count). The van der Waals surface area contributed by atoms with Crippen molar-refractivity contribution in [1.82, 2.24) is 20.1 Å². The van der Waals surface area contributed by atoms with Crippen LogP contribution in [-0.4, -0.2) is 39.5 Å². The number of aromatic nitrogens is 3. The van der Waals surface area contributed by atoms with Crippen LogP contribution in [0, 0.1) is 0 Å². The fourth-order valence-corrected chi connectivity index (χ4v) is 2.77. The van der Waals surface area contributed by atoms with Crippen LogP contribution in [0.4, 0.5) is 10.7 Å². The zero-order valence-corrected chi connectivity index (χ0v) is 14.2. The zero-order valence-electron chi connectivity index (χ0n) is 13.4. The molecule has 1 aromatic heterocycles. The molecule has 0 unspecified atom stereocenters. The van der Waals surface area contributed by atoms with E-state index in [4.69, 9.17) is 16.3 Å². The average Bonchev–Trinajstić information content (AvgIpc) is 3.21. The van der Waals surface area contributed by atoms with Crippen molar-refractivity contribution in [2.24, 2.45) is 0 Å². The predicted octanol–water partition coefficient (Wildman–Crippen LogP) is 2.67. The molecule has 1 aromatic carbocycles. The standard InChI is InChI=1S/C16H20ClN5O2/c1-11(14-3-2-8-24-14)19-16(23)20-15-18-10-22(21-15)9-12-4-6-13(17)7-5-12/h4-7,10-11,14H,2-3,8-9H2,1H3,(H2,19,20,21,23)/t11-,14+/m0/s1. The Morgan fingerprint density at radius 1 is 1.46 bits per heavy atom. The Bertz CT molecular complexity index is 682. The Kier molecular flexibility index (Phi) is 5.32. The first-order chi connectivity index (χ1) is 11.6. The lowest BCUT2D eigenvalue weighted by Crippen LogP contribution is -2.43. The van der Waals surface area contributed by atoms with Crippen LogP contribution < -0.4 is 10.6 Å². The number of carbonyl (C=O) groups excluding carboxylic acids is 1. The van der Waals surface area contributed by atoms with Gasteiger partial charge in [-0.15, -0.1) is 5.10 Å². The molecule has 2 heterocycles. The van der Waals surface area contributed by atoms with E-state index in [0.717, 1.165) is 25.0 Å². The first-order valence-electron chi connectivity index (χ1n) is 7.93. The maximum absolute atomic E-state index is 12.0. The van der Waals surface area contributed by atoms with Crippen LogP contribution in [0.2, 0.25) is 5.02 Å². The molecule has 128 valence electrons. The zero-order chi connectivity index (χ0) is 16.9. The van der Waals surface area contributed by atoms with Crippen molar-refractivity contribution >= 4 is 23.6 Å². The van der Waals surface area contributed by atoms with Gasteiger partial charge >= 0.3 is 6.03 Å². The highest BCUT2D eigenvalue weighted by Gasteiger charge is 2.23. The third-order valence-electron chi connectivity index (χ3n) is 3.90. The molecule has 0 aliphatic carbocycles. The summed E-state index contributed by atoms with van der Waals surface area (Å²) in [6.07, 6.45) is 3.66. The Hall–Kier alpha value is -2.12. The van der Waals surface area contributed by atoms with E-state index in [1.54, 1.807) is 11.0 Å². The van der Waals surface area contributed by atoms with E-state index >= 15 is 0 Å². The number of carbonyl (C=O) groups is 1. The van der Waals surface area contributed by atoms with Crippen LogP contribution in [-0.2, 0) is 11.3 Å². The number of benzene rings is 1. The van der Waals surface area contributed by atoms with Gasteiger partial charge in [0, 0.05) is 11.6 Å². The van der Waals surface area contributed by atoms with Gasteiger partial charge in [-0.1, -0.05) is 23.7 Å². The molecule has 0 bridgehead atoms. The smallest absolute Gasteiger partial charge is 0.321 e. The van der Waals surface area contributed by atoms with Gasteiger partial charge in [-0.3, -0.25) is 5.32 Å². The second-order valence-corrected chi connectivity index (χ2v) is 6.27. The van der Waals surface area contributed by atoms with Crippen molar-refractivity contribution in [3.63, 3.8) is 0 Å². The van der Waals surface area contributed by atoms with Gasteiger partial charge in [0.25, 0.3) is 0 Å². The van der Waals surface area contributed by atoms with Crippen LogP contribution in [0.25, 0.3) is 0 Å². The Balaban J connectivity index is 1.51. The van der Waals surface area contributed by atoms with Crippen molar-refractivity contribution in [2.45, 2.75) is 38.5 Å². The third kappa shape index (κ3) is 4.46. The van der Waals surface area contributed by atoms with E-state index in [1.807, 2.05) is 31.2 Å². The Labute approximate surface area is 145 Å². The fraction of sp³-hybridized carbons (Fsp3) is 0.438. The average molecular weight is 350 g/mol. The van der Waals surface area contributed by atoms with Gasteiger partial charge in [0.15, 0.2) is 0 Å². The Morgan fingerprint density at radius 2 is 2.25 bits per heavy atom. The van der Waals surface area contributed by atoms with E-state index in [1.165, 1.54) is 0 Å². The highest BCUT2D eigenvalue weighted by atomic mass is 35.5. The molecule has 2 atom stereocenters. The first-order valence-corrected chi connectivity index (χ1v) is 8.31. The number of hydrogen-bond acceptors (Lipinski definition) is 4. The summed E-state index contributed by atoms with van der Waals surface area (Å²) < 4.78 is 7.21. The van der Waals surface area contributed by atoms with E-state index in [-0.39, 0.29) is 24.1 Å². The summed E-state index contributed by atoms with van der Waals surface area (Å²) in [5, 5.41) is 10.4. The summed E-state index contributed by atoms with van der Waals surface area (Å²) in [4.78, 5) is 16.1. The maximum atomic E-state index is 12.0. The molecule has 1 aliphatic heterocycles. The largest absolute Gasteiger partial charge is 0.376 e. The topological polar surface area (TPSA) is 81.1 Å². The summed E-state index contributed by atoms with van der Waals surface area (Å²) >= 11 is 5.87. The first kappa shape index (κ1) is 16.7. The molecule has 0 radical (unpaired) electrons. The number of rotatable bonds is 5. The molecule has 8 heteroatoms. The fourth-order valence-electron chi connectivity index (χ4n) is 2.64. The number of ether oxygens (including phenoxy) is 1.